The Morgan fingerprint density at radius 2 is 2.33 bits per heavy atom. The van der Waals surface area contributed by atoms with Gasteiger partial charge in [-0.3, -0.25) is 4.79 Å². The minimum absolute atomic E-state index is 0.0776. The average Bonchev–Trinajstić information content (AvgIpc) is 2.60. The van der Waals surface area contributed by atoms with Gasteiger partial charge in [-0.15, -0.1) is 5.10 Å². The van der Waals surface area contributed by atoms with Gasteiger partial charge in [0, 0.05) is 19.0 Å². The van der Waals surface area contributed by atoms with Gasteiger partial charge >= 0.3 is 0 Å². The lowest BCUT2D eigenvalue weighted by molar-refractivity contribution is -0.121. The zero-order valence-corrected chi connectivity index (χ0v) is 9.53. The number of rotatable bonds is 5. The molecule has 0 saturated heterocycles. The maximum absolute atomic E-state index is 11.4. The van der Waals surface area contributed by atoms with Crippen LogP contribution < -0.4 is 5.32 Å². The molecule has 0 saturated carbocycles. The van der Waals surface area contributed by atoms with E-state index in [-0.39, 0.29) is 11.9 Å². The molecule has 84 valence electrons. The quantitative estimate of drug-likeness (QED) is 0.780. The molecule has 0 fully saturated rings. The van der Waals surface area contributed by atoms with Crippen LogP contribution >= 0.6 is 0 Å². The number of carbonyl (C=O) groups is 1. The maximum Gasteiger partial charge on any atom is 0.220 e. The normalized spacial score (nSPS) is 10.7. The highest BCUT2D eigenvalue weighted by molar-refractivity contribution is 5.76. The molecule has 5 nitrogen and oxygen atoms in total. The Balaban J connectivity index is 2.40. The first kappa shape index (κ1) is 11.7. The Bertz CT molecular complexity index is 319. The molecule has 0 radical (unpaired) electrons. The van der Waals surface area contributed by atoms with Crippen molar-refractivity contribution >= 4 is 5.91 Å². The van der Waals surface area contributed by atoms with Crippen LogP contribution in [0.5, 0.6) is 0 Å². The van der Waals surface area contributed by atoms with Crippen molar-refractivity contribution in [3.63, 3.8) is 0 Å². The molecule has 15 heavy (non-hydrogen) atoms. The van der Waals surface area contributed by atoms with E-state index in [2.05, 4.69) is 15.6 Å². The van der Waals surface area contributed by atoms with Gasteiger partial charge in [-0.1, -0.05) is 5.21 Å². The Hall–Kier alpha value is -1.39. The van der Waals surface area contributed by atoms with Crippen LogP contribution in [0.25, 0.3) is 0 Å². The highest BCUT2D eigenvalue weighted by Crippen LogP contribution is 2.00. The third-order valence-electron chi connectivity index (χ3n) is 2.06. The average molecular weight is 210 g/mol. The molecule has 1 N–H and O–H groups in total. The van der Waals surface area contributed by atoms with Crippen molar-refractivity contribution in [2.24, 2.45) is 0 Å². The summed E-state index contributed by atoms with van der Waals surface area (Å²) in [6.45, 7) is 6.71. The molecule has 0 aliphatic carbocycles. The summed E-state index contributed by atoms with van der Waals surface area (Å²) >= 11 is 0. The van der Waals surface area contributed by atoms with Crippen molar-refractivity contribution in [3.05, 3.63) is 11.9 Å². The second kappa shape index (κ2) is 5.48. The smallest absolute Gasteiger partial charge is 0.220 e. The van der Waals surface area contributed by atoms with Crippen LogP contribution in [0.15, 0.2) is 6.20 Å². The number of nitrogens with zero attached hydrogens (tertiary/aromatic N) is 3. The van der Waals surface area contributed by atoms with Crippen molar-refractivity contribution in [3.8, 4) is 0 Å². The standard InChI is InChI=1S/C10H18N4O/c1-4-14-9(7-11-13-14)5-6-10(15)12-8(2)3/h7-8H,4-6H2,1-3H3,(H,12,15). The topological polar surface area (TPSA) is 59.8 Å². The Kier molecular flexibility index (Phi) is 4.27. The molecule has 1 aromatic heterocycles. The summed E-state index contributed by atoms with van der Waals surface area (Å²) in [5, 5.41) is 10.6. The van der Waals surface area contributed by atoms with Crippen LogP contribution in [0.2, 0.25) is 0 Å². The van der Waals surface area contributed by atoms with E-state index in [4.69, 9.17) is 0 Å². The summed E-state index contributed by atoms with van der Waals surface area (Å²) in [6, 6.07) is 0.201. The summed E-state index contributed by atoms with van der Waals surface area (Å²) in [5.41, 5.74) is 1.01. The first-order valence-corrected chi connectivity index (χ1v) is 5.30. The molecule has 1 heterocycles. The van der Waals surface area contributed by atoms with Crippen LogP contribution in [0.1, 0.15) is 32.9 Å². The van der Waals surface area contributed by atoms with Crippen LogP contribution in [-0.2, 0) is 17.8 Å². The van der Waals surface area contributed by atoms with Crippen molar-refractivity contribution in [1.82, 2.24) is 20.3 Å². The molecule has 0 atom stereocenters. The SMILES string of the molecule is CCn1nncc1CCC(=O)NC(C)C. The molecule has 0 aliphatic rings. The van der Waals surface area contributed by atoms with Crippen LogP contribution in [0, 0.1) is 0 Å². The highest BCUT2D eigenvalue weighted by atomic mass is 16.1. The van der Waals surface area contributed by atoms with Crippen molar-refractivity contribution in [1.29, 1.82) is 0 Å². The van der Waals surface area contributed by atoms with E-state index in [1.54, 1.807) is 6.20 Å². The Labute approximate surface area is 89.9 Å². The fraction of sp³-hybridized carbons (Fsp3) is 0.700. The van der Waals surface area contributed by atoms with Crippen LogP contribution in [-0.4, -0.2) is 26.9 Å². The fourth-order valence-corrected chi connectivity index (χ4v) is 1.37. The maximum atomic E-state index is 11.4. The zero-order valence-electron chi connectivity index (χ0n) is 9.53. The molecule has 0 aromatic carbocycles. The van der Waals surface area contributed by atoms with Crippen LogP contribution in [0.3, 0.4) is 0 Å². The van der Waals surface area contributed by atoms with E-state index in [1.807, 2.05) is 25.5 Å². The predicted octanol–water partition coefficient (Wildman–Crippen LogP) is 0.755. The summed E-state index contributed by atoms with van der Waals surface area (Å²) < 4.78 is 1.81. The first-order valence-electron chi connectivity index (χ1n) is 5.30. The second-order valence-electron chi connectivity index (χ2n) is 3.76. The van der Waals surface area contributed by atoms with Gasteiger partial charge in [-0.05, 0) is 27.2 Å². The van der Waals surface area contributed by atoms with Crippen LogP contribution in [0.4, 0.5) is 0 Å². The van der Waals surface area contributed by atoms with Gasteiger partial charge in [-0.2, -0.15) is 0 Å². The van der Waals surface area contributed by atoms with E-state index < -0.39 is 0 Å². The summed E-state index contributed by atoms with van der Waals surface area (Å²) in [5.74, 6) is 0.0776. The lowest BCUT2D eigenvalue weighted by atomic mass is 10.2. The largest absolute Gasteiger partial charge is 0.354 e. The molecule has 1 amide bonds. The van der Waals surface area contributed by atoms with E-state index in [1.165, 1.54) is 0 Å². The Morgan fingerprint density at radius 1 is 1.60 bits per heavy atom. The molecule has 5 heteroatoms. The summed E-state index contributed by atoms with van der Waals surface area (Å²) in [6.07, 6.45) is 2.90. The van der Waals surface area contributed by atoms with Crippen molar-refractivity contribution in [2.45, 2.75) is 46.2 Å². The van der Waals surface area contributed by atoms with E-state index in [9.17, 15) is 4.79 Å². The molecule has 1 aromatic rings. The van der Waals surface area contributed by atoms with Crippen molar-refractivity contribution in [2.75, 3.05) is 0 Å². The Morgan fingerprint density at radius 3 is 2.93 bits per heavy atom. The fourth-order valence-electron chi connectivity index (χ4n) is 1.37. The third kappa shape index (κ3) is 3.69. The molecule has 0 spiro atoms. The lowest BCUT2D eigenvalue weighted by Crippen LogP contribution is -2.30. The number of amides is 1. The molecule has 1 rings (SSSR count). The molecule has 0 aliphatic heterocycles. The molecule has 0 bridgehead atoms. The summed E-state index contributed by atoms with van der Waals surface area (Å²) in [7, 11) is 0. The third-order valence-corrected chi connectivity index (χ3v) is 2.06. The van der Waals surface area contributed by atoms with E-state index in [0.29, 0.717) is 12.8 Å². The van der Waals surface area contributed by atoms with Gasteiger partial charge in [-0.25, -0.2) is 4.68 Å². The monoisotopic (exact) mass is 210 g/mol. The van der Waals surface area contributed by atoms with Crippen molar-refractivity contribution < 1.29 is 4.79 Å². The van der Waals surface area contributed by atoms with E-state index >= 15 is 0 Å². The summed E-state index contributed by atoms with van der Waals surface area (Å²) in [4.78, 5) is 11.4. The highest BCUT2D eigenvalue weighted by Gasteiger charge is 2.07. The van der Waals surface area contributed by atoms with Gasteiger partial charge in [0.05, 0.1) is 11.9 Å². The van der Waals surface area contributed by atoms with Gasteiger partial charge in [0.25, 0.3) is 0 Å². The number of nitrogens with one attached hydrogen (secondary N) is 1. The molecular formula is C10H18N4O. The number of hydrogen-bond donors (Lipinski definition) is 1. The van der Waals surface area contributed by atoms with E-state index in [0.717, 1.165) is 12.2 Å². The molecular weight excluding hydrogens is 192 g/mol. The number of hydrogen-bond acceptors (Lipinski definition) is 3. The second-order valence-corrected chi connectivity index (χ2v) is 3.76. The molecule has 0 unspecified atom stereocenters. The minimum atomic E-state index is 0.0776. The number of aryl methyl sites for hydroxylation is 2. The minimum Gasteiger partial charge on any atom is -0.354 e. The zero-order chi connectivity index (χ0) is 11.3. The predicted molar refractivity (Wildman–Crippen MR) is 57.3 cm³/mol. The number of carbonyl (C=O) groups excluding carboxylic acids is 1. The van der Waals surface area contributed by atoms with Gasteiger partial charge < -0.3 is 5.32 Å². The lowest BCUT2D eigenvalue weighted by Gasteiger charge is -2.08. The van der Waals surface area contributed by atoms with Gasteiger partial charge in [0.2, 0.25) is 5.91 Å². The first-order chi connectivity index (χ1) is 7.13. The van der Waals surface area contributed by atoms with Gasteiger partial charge in [0.15, 0.2) is 0 Å². The number of aromatic nitrogens is 3. The van der Waals surface area contributed by atoms with Gasteiger partial charge in [0.1, 0.15) is 0 Å².